The summed E-state index contributed by atoms with van der Waals surface area (Å²) in [6, 6.07) is 7.59. The van der Waals surface area contributed by atoms with Gasteiger partial charge in [0, 0.05) is 5.69 Å². The molecular weight excluding hydrogens is 194 g/mol. The fourth-order valence-electron chi connectivity index (χ4n) is 1.32. The highest BCUT2D eigenvalue weighted by Gasteiger charge is 2.11. The van der Waals surface area contributed by atoms with Crippen molar-refractivity contribution in [2.75, 3.05) is 0 Å². The van der Waals surface area contributed by atoms with E-state index in [1.807, 2.05) is 41.9 Å². The molecule has 1 unspecified atom stereocenters. The summed E-state index contributed by atoms with van der Waals surface area (Å²) >= 11 is 1.58. The Morgan fingerprint density at radius 3 is 2.86 bits per heavy atom. The van der Waals surface area contributed by atoms with Crippen molar-refractivity contribution in [3.05, 3.63) is 52.0 Å². The van der Waals surface area contributed by atoms with Gasteiger partial charge in [-0.15, -0.1) is 0 Å². The summed E-state index contributed by atoms with van der Waals surface area (Å²) in [7, 11) is 0. The van der Waals surface area contributed by atoms with Crippen molar-refractivity contribution in [3.63, 3.8) is 0 Å². The molecule has 1 N–H and O–H groups in total. The molecule has 2 aromatic heterocycles. The van der Waals surface area contributed by atoms with Crippen LogP contribution in [-0.2, 0) is 0 Å². The number of aromatic nitrogens is 1. The molecule has 2 rings (SSSR count). The molecule has 0 radical (unpaired) electrons. The van der Waals surface area contributed by atoms with Gasteiger partial charge in [0.15, 0.2) is 0 Å². The zero-order chi connectivity index (χ0) is 9.97. The molecule has 0 saturated carbocycles. The molecule has 72 valence electrons. The highest BCUT2D eigenvalue weighted by molar-refractivity contribution is 7.07. The first-order valence-electron chi connectivity index (χ1n) is 4.41. The van der Waals surface area contributed by atoms with Crippen molar-refractivity contribution in [2.24, 2.45) is 0 Å². The van der Waals surface area contributed by atoms with E-state index in [0.29, 0.717) is 5.69 Å². The van der Waals surface area contributed by atoms with Crippen molar-refractivity contribution in [3.8, 4) is 0 Å². The van der Waals surface area contributed by atoms with Crippen LogP contribution in [0, 0.1) is 6.92 Å². The predicted molar refractivity (Wildman–Crippen MR) is 57.4 cm³/mol. The van der Waals surface area contributed by atoms with Crippen LogP contribution in [0.5, 0.6) is 0 Å². The zero-order valence-corrected chi connectivity index (χ0v) is 8.66. The standard InChI is InChI=1S/C11H11NOS/c1-8-3-2-4-10(12-8)11(13)9-5-6-14-7-9/h2-7,11,13H,1H3. The third kappa shape index (κ3) is 1.84. The van der Waals surface area contributed by atoms with Crippen molar-refractivity contribution < 1.29 is 5.11 Å². The molecule has 2 aromatic rings. The van der Waals surface area contributed by atoms with Crippen LogP contribution in [0.15, 0.2) is 35.0 Å². The molecule has 0 spiro atoms. The SMILES string of the molecule is Cc1cccc(C(O)c2ccsc2)n1. The average molecular weight is 205 g/mol. The molecule has 3 heteroatoms. The van der Waals surface area contributed by atoms with Gasteiger partial charge in [0.25, 0.3) is 0 Å². The van der Waals surface area contributed by atoms with Gasteiger partial charge in [0.1, 0.15) is 6.10 Å². The minimum absolute atomic E-state index is 0.596. The monoisotopic (exact) mass is 205 g/mol. The Bertz CT molecular complexity index is 411. The number of pyridine rings is 1. The largest absolute Gasteiger partial charge is 0.382 e. The Balaban J connectivity index is 2.32. The van der Waals surface area contributed by atoms with E-state index in [-0.39, 0.29) is 0 Å². The second kappa shape index (κ2) is 3.90. The molecule has 0 bridgehead atoms. The molecule has 0 aliphatic carbocycles. The summed E-state index contributed by atoms with van der Waals surface area (Å²) in [6.45, 7) is 1.92. The van der Waals surface area contributed by atoms with Gasteiger partial charge in [-0.05, 0) is 41.4 Å². The highest BCUT2D eigenvalue weighted by Crippen LogP contribution is 2.22. The van der Waals surface area contributed by atoms with E-state index in [0.717, 1.165) is 11.3 Å². The number of thiophene rings is 1. The molecule has 1 atom stereocenters. The molecule has 0 saturated heterocycles. The molecule has 0 aliphatic heterocycles. The topological polar surface area (TPSA) is 33.1 Å². The molecule has 0 amide bonds. The van der Waals surface area contributed by atoms with Crippen molar-refractivity contribution >= 4 is 11.3 Å². The second-order valence-electron chi connectivity index (χ2n) is 3.16. The van der Waals surface area contributed by atoms with E-state index in [4.69, 9.17) is 0 Å². The molecule has 0 fully saturated rings. The lowest BCUT2D eigenvalue weighted by Gasteiger charge is -2.08. The van der Waals surface area contributed by atoms with Gasteiger partial charge in [-0.2, -0.15) is 11.3 Å². The second-order valence-corrected chi connectivity index (χ2v) is 3.94. The molecular formula is C11H11NOS. The number of hydrogen-bond donors (Lipinski definition) is 1. The summed E-state index contributed by atoms with van der Waals surface area (Å²) in [5.41, 5.74) is 2.55. The van der Waals surface area contributed by atoms with E-state index in [1.165, 1.54) is 0 Å². The maximum Gasteiger partial charge on any atom is 0.122 e. The number of aryl methyl sites for hydroxylation is 1. The first-order valence-corrected chi connectivity index (χ1v) is 5.35. The Labute approximate surface area is 86.9 Å². The Morgan fingerprint density at radius 2 is 2.21 bits per heavy atom. The summed E-state index contributed by atoms with van der Waals surface area (Å²) in [5.74, 6) is 0. The van der Waals surface area contributed by atoms with E-state index in [2.05, 4.69) is 4.98 Å². The van der Waals surface area contributed by atoms with Crippen LogP contribution >= 0.6 is 11.3 Å². The van der Waals surface area contributed by atoms with Crippen LogP contribution in [0.1, 0.15) is 23.1 Å². The lowest BCUT2D eigenvalue weighted by molar-refractivity contribution is 0.215. The summed E-state index contributed by atoms with van der Waals surface area (Å²) in [6.07, 6.45) is -0.596. The van der Waals surface area contributed by atoms with E-state index in [9.17, 15) is 5.11 Å². The first kappa shape index (κ1) is 9.37. The van der Waals surface area contributed by atoms with Crippen molar-refractivity contribution in [2.45, 2.75) is 13.0 Å². The number of rotatable bonds is 2. The summed E-state index contributed by atoms with van der Waals surface area (Å²) in [5, 5.41) is 13.8. The average Bonchev–Trinajstić information content (AvgIpc) is 2.69. The van der Waals surface area contributed by atoms with Gasteiger partial charge in [-0.25, -0.2) is 0 Å². The van der Waals surface area contributed by atoms with Gasteiger partial charge in [-0.3, -0.25) is 4.98 Å². The lowest BCUT2D eigenvalue weighted by atomic mass is 10.1. The first-order chi connectivity index (χ1) is 6.77. The fourth-order valence-corrected chi connectivity index (χ4v) is 2.00. The maximum absolute atomic E-state index is 9.95. The predicted octanol–water partition coefficient (Wildman–Crippen LogP) is 2.53. The van der Waals surface area contributed by atoms with E-state index >= 15 is 0 Å². The van der Waals surface area contributed by atoms with Crippen LogP contribution in [0.4, 0.5) is 0 Å². The van der Waals surface area contributed by atoms with Gasteiger partial charge in [-0.1, -0.05) is 6.07 Å². The minimum atomic E-state index is -0.596. The van der Waals surface area contributed by atoms with Crippen molar-refractivity contribution in [1.82, 2.24) is 4.98 Å². The van der Waals surface area contributed by atoms with Crippen LogP contribution in [0.2, 0.25) is 0 Å². The van der Waals surface area contributed by atoms with Gasteiger partial charge in [0.05, 0.1) is 5.69 Å². The van der Waals surface area contributed by atoms with Gasteiger partial charge >= 0.3 is 0 Å². The zero-order valence-electron chi connectivity index (χ0n) is 7.84. The smallest absolute Gasteiger partial charge is 0.122 e. The number of aliphatic hydroxyl groups is 1. The third-order valence-electron chi connectivity index (χ3n) is 2.05. The summed E-state index contributed by atoms with van der Waals surface area (Å²) < 4.78 is 0. The molecule has 2 nitrogen and oxygen atoms in total. The van der Waals surface area contributed by atoms with E-state index in [1.54, 1.807) is 11.3 Å². The van der Waals surface area contributed by atoms with Crippen LogP contribution in [-0.4, -0.2) is 10.1 Å². The quantitative estimate of drug-likeness (QED) is 0.817. The van der Waals surface area contributed by atoms with Gasteiger partial charge < -0.3 is 5.11 Å². The van der Waals surface area contributed by atoms with Gasteiger partial charge in [0.2, 0.25) is 0 Å². The van der Waals surface area contributed by atoms with Crippen LogP contribution < -0.4 is 0 Å². The molecule has 0 aliphatic rings. The maximum atomic E-state index is 9.95. The third-order valence-corrected chi connectivity index (χ3v) is 2.75. The highest BCUT2D eigenvalue weighted by atomic mass is 32.1. The fraction of sp³-hybridized carbons (Fsp3) is 0.182. The Morgan fingerprint density at radius 1 is 1.36 bits per heavy atom. The van der Waals surface area contributed by atoms with Crippen molar-refractivity contribution in [1.29, 1.82) is 0 Å². The molecule has 2 heterocycles. The van der Waals surface area contributed by atoms with Crippen LogP contribution in [0.25, 0.3) is 0 Å². The number of nitrogens with zero attached hydrogens (tertiary/aromatic N) is 1. The summed E-state index contributed by atoms with van der Waals surface area (Å²) in [4.78, 5) is 4.28. The lowest BCUT2D eigenvalue weighted by Crippen LogP contribution is -2.01. The van der Waals surface area contributed by atoms with E-state index < -0.39 is 6.10 Å². The Hall–Kier alpha value is -1.19. The molecule has 0 aromatic carbocycles. The normalized spacial score (nSPS) is 12.7. The minimum Gasteiger partial charge on any atom is -0.382 e. The molecule has 14 heavy (non-hydrogen) atoms. The Kier molecular flexibility index (Phi) is 2.61. The number of aliphatic hydroxyl groups excluding tert-OH is 1. The number of hydrogen-bond acceptors (Lipinski definition) is 3. The van der Waals surface area contributed by atoms with Crippen LogP contribution in [0.3, 0.4) is 0 Å².